The Morgan fingerprint density at radius 1 is 1.50 bits per heavy atom. The minimum absolute atomic E-state index is 0.176. The van der Waals surface area contributed by atoms with Crippen molar-refractivity contribution in [3.8, 4) is 0 Å². The van der Waals surface area contributed by atoms with Crippen molar-refractivity contribution in [3.05, 3.63) is 0 Å². The van der Waals surface area contributed by atoms with Gasteiger partial charge in [0.1, 0.15) is 5.60 Å². The van der Waals surface area contributed by atoms with Crippen LogP contribution in [0.3, 0.4) is 0 Å². The summed E-state index contributed by atoms with van der Waals surface area (Å²) < 4.78 is 16.2. The summed E-state index contributed by atoms with van der Waals surface area (Å²) in [6.07, 6.45) is 1.20. The van der Waals surface area contributed by atoms with E-state index in [2.05, 4.69) is 0 Å². The van der Waals surface area contributed by atoms with Crippen molar-refractivity contribution in [2.75, 3.05) is 26.9 Å². The molecule has 0 amide bonds. The molecule has 0 aromatic heterocycles. The lowest BCUT2D eigenvalue weighted by Gasteiger charge is -2.26. The molecule has 1 heterocycles. The van der Waals surface area contributed by atoms with Gasteiger partial charge in [-0.2, -0.15) is 0 Å². The van der Waals surface area contributed by atoms with E-state index in [1.54, 1.807) is 7.11 Å². The van der Waals surface area contributed by atoms with Crippen LogP contribution in [-0.2, 0) is 14.2 Å². The Kier molecular flexibility index (Phi) is 3.50. The van der Waals surface area contributed by atoms with Gasteiger partial charge in [-0.25, -0.2) is 0 Å². The van der Waals surface area contributed by atoms with Gasteiger partial charge >= 0.3 is 0 Å². The first-order valence-corrected chi connectivity index (χ1v) is 4.43. The molecule has 1 aliphatic heterocycles. The Morgan fingerprint density at radius 2 is 2.25 bits per heavy atom. The SMILES string of the molecule is CO[C@]1(COC(C)C)CCOC1. The molecule has 0 aromatic rings. The Bertz CT molecular complexity index is 128. The molecule has 0 unspecified atom stereocenters. The zero-order valence-electron chi connectivity index (χ0n) is 8.13. The molecule has 1 rings (SSSR count). The largest absolute Gasteiger partial charge is 0.378 e. The van der Waals surface area contributed by atoms with Gasteiger partial charge in [-0.15, -0.1) is 0 Å². The molecule has 1 aliphatic rings. The molecule has 12 heavy (non-hydrogen) atoms. The zero-order chi connectivity index (χ0) is 9.03. The third-order valence-electron chi connectivity index (χ3n) is 2.18. The highest BCUT2D eigenvalue weighted by atomic mass is 16.6. The van der Waals surface area contributed by atoms with E-state index in [-0.39, 0.29) is 11.7 Å². The molecule has 0 N–H and O–H groups in total. The minimum Gasteiger partial charge on any atom is -0.378 e. The van der Waals surface area contributed by atoms with Crippen LogP contribution in [0.2, 0.25) is 0 Å². The summed E-state index contributed by atoms with van der Waals surface area (Å²) in [6, 6.07) is 0. The van der Waals surface area contributed by atoms with Crippen molar-refractivity contribution >= 4 is 0 Å². The van der Waals surface area contributed by atoms with E-state index in [9.17, 15) is 0 Å². The number of hydrogen-bond acceptors (Lipinski definition) is 3. The van der Waals surface area contributed by atoms with E-state index in [1.807, 2.05) is 13.8 Å². The maximum Gasteiger partial charge on any atom is 0.116 e. The van der Waals surface area contributed by atoms with Crippen LogP contribution in [-0.4, -0.2) is 38.6 Å². The highest BCUT2D eigenvalue weighted by Gasteiger charge is 2.35. The molecule has 0 aromatic carbocycles. The van der Waals surface area contributed by atoms with Crippen LogP contribution < -0.4 is 0 Å². The van der Waals surface area contributed by atoms with Gasteiger partial charge in [0.2, 0.25) is 0 Å². The Hall–Kier alpha value is -0.120. The molecule has 72 valence electrons. The average molecular weight is 174 g/mol. The maximum atomic E-state index is 5.52. The summed E-state index contributed by atoms with van der Waals surface area (Å²) in [5.41, 5.74) is -0.176. The van der Waals surface area contributed by atoms with Crippen LogP contribution >= 0.6 is 0 Å². The number of hydrogen-bond donors (Lipinski definition) is 0. The van der Waals surface area contributed by atoms with Crippen LogP contribution in [0.15, 0.2) is 0 Å². The van der Waals surface area contributed by atoms with Crippen LogP contribution in [0.5, 0.6) is 0 Å². The van der Waals surface area contributed by atoms with Crippen molar-refractivity contribution in [1.82, 2.24) is 0 Å². The summed E-state index contributed by atoms with van der Waals surface area (Å²) in [7, 11) is 1.72. The predicted molar refractivity (Wildman–Crippen MR) is 46.3 cm³/mol. The van der Waals surface area contributed by atoms with Gasteiger partial charge < -0.3 is 14.2 Å². The lowest BCUT2D eigenvalue weighted by Crippen LogP contribution is -2.38. The maximum absolute atomic E-state index is 5.52. The molecule has 1 atom stereocenters. The third kappa shape index (κ3) is 2.44. The fourth-order valence-corrected chi connectivity index (χ4v) is 1.24. The predicted octanol–water partition coefficient (Wildman–Crippen LogP) is 1.22. The van der Waals surface area contributed by atoms with E-state index >= 15 is 0 Å². The fraction of sp³-hybridized carbons (Fsp3) is 1.00. The standard InChI is InChI=1S/C9H18O3/c1-8(2)12-7-9(10-3)4-5-11-6-9/h8H,4-7H2,1-3H3/t9-/m1/s1. The molecular formula is C9H18O3. The molecule has 0 spiro atoms. The van der Waals surface area contributed by atoms with E-state index in [0.717, 1.165) is 13.0 Å². The summed E-state index contributed by atoms with van der Waals surface area (Å²) in [5, 5.41) is 0. The summed E-state index contributed by atoms with van der Waals surface area (Å²) in [6.45, 7) is 6.14. The molecule has 1 saturated heterocycles. The van der Waals surface area contributed by atoms with E-state index in [4.69, 9.17) is 14.2 Å². The lowest BCUT2D eigenvalue weighted by atomic mass is 10.1. The normalized spacial score (nSPS) is 30.0. The van der Waals surface area contributed by atoms with Crippen LogP contribution in [0.4, 0.5) is 0 Å². The monoisotopic (exact) mass is 174 g/mol. The summed E-state index contributed by atoms with van der Waals surface area (Å²) >= 11 is 0. The second kappa shape index (κ2) is 4.21. The second-order valence-corrected chi connectivity index (χ2v) is 3.55. The van der Waals surface area contributed by atoms with E-state index in [1.165, 1.54) is 0 Å². The number of rotatable bonds is 4. The van der Waals surface area contributed by atoms with Crippen molar-refractivity contribution in [2.24, 2.45) is 0 Å². The van der Waals surface area contributed by atoms with Crippen LogP contribution in [0.1, 0.15) is 20.3 Å². The minimum atomic E-state index is -0.176. The van der Waals surface area contributed by atoms with Gasteiger partial charge in [0.05, 0.1) is 19.3 Å². The van der Waals surface area contributed by atoms with Crippen LogP contribution in [0.25, 0.3) is 0 Å². The van der Waals surface area contributed by atoms with E-state index in [0.29, 0.717) is 13.2 Å². The van der Waals surface area contributed by atoms with Crippen molar-refractivity contribution in [3.63, 3.8) is 0 Å². The second-order valence-electron chi connectivity index (χ2n) is 3.55. The molecule has 0 saturated carbocycles. The van der Waals surface area contributed by atoms with Crippen molar-refractivity contribution in [2.45, 2.75) is 32.0 Å². The quantitative estimate of drug-likeness (QED) is 0.641. The lowest BCUT2D eigenvalue weighted by molar-refractivity contribution is -0.0897. The first-order valence-electron chi connectivity index (χ1n) is 4.43. The Balaban J connectivity index is 2.34. The number of ether oxygens (including phenoxy) is 3. The smallest absolute Gasteiger partial charge is 0.116 e. The van der Waals surface area contributed by atoms with Crippen LogP contribution in [0, 0.1) is 0 Å². The molecule has 0 aliphatic carbocycles. The van der Waals surface area contributed by atoms with Gasteiger partial charge in [-0.1, -0.05) is 0 Å². The van der Waals surface area contributed by atoms with Gasteiger partial charge in [-0.3, -0.25) is 0 Å². The summed E-state index contributed by atoms with van der Waals surface area (Å²) in [5.74, 6) is 0. The summed E-state index contributed by atoms with van der Waals surface area (Å²) in [4.78, 5) is 0. The number of methoxy groups -OCH3 is 1. The van der Waals surface area contributed by atoms with Gasteiger partial charge in [0.25, 0.3) is 0 Å². The Labute approximate surface area is 74.0 Å². The highest BCUT2D eigenvalue weighted by molar-refractivity contribution is 4.84. The first kappa shape index (κ1) is 9.96. The fourth-order valence-electron chi connectivity index (χ4n) is 1.24. The molecule has 0 bridgehead atoms. The van der Waals surface area contributed by atoms with Gasteiger partial charge in [0.15, 0.2) is 0 Å². The highest BCUT2D eigenvalue weighted by Crippen LogP contribution is 2.23. The van der Waals surface area contributed by atoms with E-state index < -0.39 is 0 Å². The first-order chi connectivity index (χ1) is 5.68. The zero-order valence-corrected chi connectivity index (χ0v) is 8.13. The van der Waals surface area contributed by atoms with Crippen molar-refractivity contribution in [1.29, 1.82) is 0 Å². The molecule has 3 nitrogen and oxygen atoms in total. The molecular weight excluding hydrogens is 156 g/mol. The Morgan fingerprint density at radius 3 is 2.67 bits per heavy atom. The third-order valence-corrected chi connectivity index (χ3v) is 2.18. The van der Waals surface area contributed by atoms with Crippen molar-refractivity contribution < 1.29 is 14.2 Å². The average Bonchev–Trinajstić information content (AvgIpc) is 2.50. The topological polar surface area (TPSA) is 27.7 Å². The van der Waals surface area contributed by atoms with Gasteiger partial charge in [0, 0.05) is 20.1 Å². The molecule has 1 fully saturated rings. The molecule has 3 heteroatoms. The van der Waals surface area contributed by atoms with Gasteiger partial charge in [-0.05, 0) is 13.8 Å². The molecule has 0 radical (unpaired) electrons.